The summed E-state index contributed by atoms with van der Waals surface area (Å²) in [6, 6.07) is 0. The monoisotopic (exact) mass is 246 g/mol. The third-order valence-electron chi connectivity index (χ3n) is 3.94. The Morgan fingerprint density at radius 1 is 1.12 bits per heavy atom. The molecule has 0 saturated carbocycles. The molecule has 2 nitrogen and oxygen atoms in total. The molecule has 0 aromatic carbocycles. The second-order valence-corrected chi connectivity index (χ2v) is 7.85. The number of hydrogen-bond acceptors (Lipinski definition) is 2. The van der Waals surface area contributed by atoms with Crippen molar-refractivity contribution in [2.45, 2.75) is 69.8 Å². The van der Waals surface area contributed by atoms with Crippen molar-refractivity contribution in [1.29, 1.82) is 0 Å². The first-order valence-electron chi connectivity index (χ1n) is 6.12. The molecule has 0 aliphatic carbocycles. The quantitative estimate of drug-likeness (QED) is 0.641. The summed E-state index contributed by atoms with van der Waals surface area (Å²) in [6.45, 7) is 13.3. The average Bonchev–Trinajstić information content (AvgIpc) is 2.27. The van der Waals surface area contributed by atoms with Crippen LogP contribution in [0.5, 0.6) is 0 Å². The summed E-state index contributed by atoms with van der Waals surface area (Å²) in [7, 11) is -3.19. The molecule has 0 radical (unpaired) electrons. The van der Waals surface area contributed by atoms with Crippen LogP contribution < -0.4 is 0 Å². The Kier molecular flexibility index (Phi) is 5.24. The summed E-state index contributed by atoms with van der Waals surface area (Å²) < 4.78 is 23.9. The van der Waals surface area contributed by atoms with Crippen LogP contribution in [-0.2, 0) is 9.84 Å². The van der Waals surface area contributed by atoms with Crippen LogP contribution in [0.3, 0.4) is 0 Å². The van der Waals surface area contributed by atoms with E-state index in [1.165, 1.54) is 0 Å². The molecule has 16 heavy (non-hydrogen) atoms. The van der Waals surface area contributed by atoms with E-state index in [1.54, 1.807) is 13.0 Å². The van der Waals surface area contributed by atoms with E-state index < -0.39 is 19.3 Å². The van der Waals surface area contributed by atoms with Crippen LogP contribution >= 0.6 is 0 Å². The molecule has 0 N–H and O–H groups in total. The van der Waals surface area contributed by atoms with Crippen molar-refractivity contribution < 1.29 is 8.42 Å². The molecule has 0 spiro atoms. The van der Waals surface area contributed by atoms with Gasteiger partial charge in [-0.25, -0.2) is 8.42 Å². The highest BCUT2D eigenvalue weighted by Gasteiger charge is 2.47. The molecule has 0 aromatic rings. The van der Waals surface area contributed by atoms with Gasteiger partial charge < -0.3 is 0 Å². The van der Waals surface area contributed by atoms with Crippen LogP contribution in [0.25, 0.3) is 0 Å². The third-order valence-corrected chi connectivity index (χ3v) is 7.41. The standard InChI is InChI=1S/C13H26O2S/c1-7-11-13(6,10-4)16(14,15)12(5,8-2)9-3/h10H,4,7-9,11H2,1-3,5-6H3. The van der Waals surface area contributed by atoms with Gasteiger partial charge in [0.25, 0.3) is 0 Å². The summed E-state index contributed by atoms with van der Waals surface area (Å²) in [5.74, 6) is 0. The lowest BCUT2D eigenvalue weighted by atomic mass is 10.0. The Hall–Kier alpha value is -0.310. The molecular formula is C13H26O2S. The molecule has 0 rings (SSSR count). The van der Waals surface area contributed by atoms with Crippen molar-refractivity contribution in [3.8, 4) is 0 Å². The van der Waals surface area contributed by atoms with Gasteiger partial charge in [0.2, 0.25) is 0 Å². The fraction of sp³-hybridized carbons (Fsp3) is 0.846. The zero-order valence-electron chi connectivity index (χ0n) is 11.3. The summed E-state index contributed by atoms with van der Waals surface area (Å²) in [6.07, 6.45) is 4.41. The van der Waals surface area contributed by atoms with Gasteiger partial charge in [0.15, 0.2) is 9.84 Å². The first-order valence-corrected chi connectivity index (χ1v) is 7.60. The van der Waals surface area contributed by atoms with Gasteiger partial charge in [-0.15, -0.1) is 6.58 Å². The van der Waals surface area contributed by atoms with E-state index >= 15 is 0 Å². The van der Waals surface area contributed by atoms with Crippen LogP contribution in [0.1, 0.15) is 60.3 Å². The fourth-order valence-electron chi connectivity index (χ4n) is 2.04. The van der Waals surface area contributed by atoms with Crippen LogP contribution in [0.2, 0.25) is 0 Å². The highest BCUT2D eigenvalue weighted by molar-refractivity contribution is 7.94. The third kappa shape index (κ3) is 2.34. The maximum Gasteiger partial charge on any atom is 0.164 e. The molecule has 96 valence electrons. The Labute approximate surface area is 101 Å². The lowest BCUT2D eigenvalue weighted by Gasteiger charge is -2.37. The molecule has 0 aliphatic heterocycles. The van der Waals surface area contributed by atoms with E-state index in [2.05, 4.69) is 6.58 Å². The van der Waals surface area contributed by atoms with E-state index in [0.29, 0.717) is 19.3 Å². The van der Waals surface area contributed by atoms with Crippen LogP contribution in [0.15, 0.2) is 12.7 Å². The molecule has 0 aromatic heterocycles. The van der Waals surface area contributed by atoms with Gasteiger partial charge in [0, 0.05) is 0 Å². The van der Waals surface area contributed by atoms with E-state index in [0.717, 1.165) is 6.42 Å². The van der Waals surface area contributed by atoms with Gasteiger partial charge in [-0.3, -0.25) is 0 Å². The van der Waals surface area contributed by atoms with Crippen LogP contribution in [-0.4, -0.2) is 17.9 Å². The van der Waals surface area contributed by atoms with Gasteiger partial charge in [0.1, 0.15) is 0 Å². The van der Waals surface area contributed by atoms with Crippen molar-refractivity contribution in [3.63, 3.8) is 0 Å². The molecule has 1 atom stereocenters. The van der Waals surface area contributed by atoms with Crippen molar-refractivity contribution in [3.05, 3.63) is 12.7 Å². The summed E-state index contributed by atoms with van der Waals surface area (Å²) in [4.78, 5) is 0. The Bertz CT molecular complexity index is 326. The summed E-state index contributed by atoms with van der Waals surface area (Å²) in [5.41, 5.74) is 0. The molecule has 3 heteroatoms. The SMILES string of the molecule is C=CC(C)(CCC)S(=O)(=O)C(C)(CC)CC. The Morgan fingerprint density at radius 3 is 1.81 bits per heavy atom. The predicted octanol–water partition coefficient (Wildman–Crippen LogP) is 3.72. The lowest BCUT2D eigenvalue weighted by molar-refractivity contribution is 0.474. The molecule has 0 amide bonds. The highest BCUT2D eigenvalue weighted by atomic mass is 32.2. The number of hydrogen-bond donors (Lipinski definition) is 0. The van der Waals surface area contributed by atoms with Gasteiger partial charge in [0.05, 0.1) is 9.49 Å². The van der Waals surface area contributed by atoms with E-state index in [9.17, 15) is 8.42 Å². The first kappa shape index (κ1) is 15.7. The highest BCUT2D eigenvalue weighted by Crippen LogP contribution is 2.37. The maximum absolute atomic E-state index is 12.7. The van der Waals surface area contributed by atoms with Crippen LogP contribution in [0, 0.1) is 0 Å². The van der Waals surface area contributed by atoms with E-state index in [1.807, 2.05) is 27.7 Å². The Morgan fingerprint density at radius 2 is 1.56 bits per heavy atom. The lowest BCUT2D eigenvalue weighted by Crippen LogP contribution is -2.47. The zero-order valence-corrected chi connectivity index (χ0v) is 12.2. The normalized spacial score (nSPS) is 16.8. The van der Waals surface area contributed by atoms with Crippen LogP contribution in [0.4, 0.5) is 0 Å². The predicted molar refractivity (Wildman–Crippen MR) is 71.4 cm³/mol. The molecule has 0 heterocycles. The molecular weight excluding hydrogens is 220 g/mol. The van der Waals surface area contributed by atoms with Crippen molar-refractivity contribution >= 4 is 9.84 Å². The molecule has 0 aliphatic rings. The zero-order chi connectivity index (χ0) is 13.0. The van der Waals surface area contributed by atoms with Gasteiger partial charge in [-0.1, -0.05) is 33.3 Å². The second kappa shape index (κ2) is 5.35. The number of rotatable bonds is 7. The van der Waals surface area contributed by atoms with Gasteiger partial charge >= 0.3 is 0 Å². The maximum atomic E-state index is 12.7. The molecule has 0 fully saturated rings. The molecule has 1 unspecified atom stereocenters. The fourth-order valence-corrected chi connectivity index (χ4v) is 4.61. The van der Waals surface area contributed by atoms with Crippen molar-refractivity contribution in [2.24, 2.45) is 0 Å². The topological polar surface area (TPSA) is 34.1 Å². The van der Waals surface area contributed by atoms with Crippen molar-refractivity contribution in [1.82, 2.24) is 0 Å². The minimum atomic E-state index is -3.19. The molecule has 0 bridgehead atoms. The molecule has 0 saturated heterocycles. The smallest absolute Gasteiger partial charge is 0.164 e. The largest absolute Gasteiger partial charge is 0.227 e. The van der Waals surface area contributed by atoms with Gasteiger partial charge in [-0.2, -0.15) is 0 Å². The summed E-state index contributed by atoms with van der Waals surface area (Å²) in [5, 5.41) is 0. The minimum absolute atomic E-state index is 0.634. The first-order chi connectivity index (χ1) is 7.24. The van der Waals surface area contributed by atoms with E-state index in [4.69, 9.17) is 0 Å². The second-order valence-electron chi connectivity index (χ2n) is 4.93. The van der Waals surface area contributed by atoms with E-state index in [-0.39, 0.29) is 0 Å². The minimum Gasteiger partial charge on any atom is -0.227 e. The average molecular weight is 246 g/mol. The summed E-state index contributed by atoms with van der Waals surface area (Å²) >= 11 is 0. The van der Waals surface area contributed by atoms with Crippen molar-refractivity contribution in [2.75, 3.05) is 0 Å². The van der Waals surface area contributed by atoms with Gasteiger partial charge in [-0.05, 0) is 33.1 Å². The Balaban J connectivity index is 5.56. The number of sulfone groups is 1.